The summed E-state index contributed by atoms with van der Waals surface area (Å²) in [4.78, 5) is 5.11. The lowest BCUT2D eigenvalue weighted by molar-refractivity contribution is 1.28. The number of para-hydroxylation sites is 1. The van der Waals surface area contributed by atoms with Crippen LogP contribution in [-0.4, -0.2) is 4.98 Å². The Kier molecular flexibility index (Phi) is 3.00. The van der Waals surface area contributed by atoms with Gasteiger partial charge >= 0.3 is 0 Å². The van der Waals surface area contributed by atoms with Crippen LogP contribution >= 0.6 is 0 Å². The van der Waals surface area contributed by atoms with E-state index in [4.69, 9.17) is 4.98 Å². The molecule has 1 nitrogen and oxygen atoms in total. The van der Waals surface area contributed by atoms with E-state index in [1.165, 1.54) is 44.0 Å². The van der Waals surface area contributed by atoms with Crippen molar-refractivity contribution in [3.63, 3.8) is 0 Å². The van der Waals surface area contributed by atoms with Gasteiger partial charge in [-0.25, -0.2) is 4.98 Å². The Morgan fingerprint density at radius 2 is 1.37 bits per heavy atom. The van der Waals surface area contributed by atoms with Crippen LogP contribution < -0.4 is 0 Å². The van der Waals surface area contributed by atoms with Gasteiger partial charge in [0.1, 0.15) is 0 Å². The Hall–Kier alpha value is -3.45. The largest absolute Gasteiger partial charge is 0.247 e. The van der Waals surface area contributed by atoms with Crippen LogP contribution in [0.1, 0.15) is 11.1 Å². The van der Waals surface area contributed by atoms with E-state index in [1.54, 1.807) is 0 Å². The number of nitrogens with zero attached hydrogens (tertiary/aromatic N) is 1. The van der Waals surface area contributed by atoms with Gasteiger partial charge in [0, 0.05) is 16.3 Å². The lowest BCUT2D eigenvalue weighted by Crippen LogP contribution is -1.94. The second kappa shape index (κ2) is 5.52. The lowest BCUT2D eigenvalue weighted by atomic mass is 9.93. The van der Waals surface area contributed by atoms with E-state index in [2.05, 4.69) is 91.0 Å². The third-order valence-electron chi connectivity index (χ3n) is 5.70. The van der Waals surface area contributed by atoms with Crippen LogP contribution in [0.3, 0.4) is 0 Å². The molecule has 1 heterocycles. The van der Waals surface area contributed by atoms with Crippen molar-refractivity contribution in [1.29, 1.82) is 0 Å². The summed E-state index contributed by atoms with van der Waals surface area (Å²) in [6.07, 6.45) is 0.975. The molecule has 0 amide bonds. The van der Waals surface area contributed by atoms with Gasteiger partial charge in [0.25, 0.3) is 0 Å². The lowest BCUT2D eigenvalue weighted by Gasteiger charge is -2.14. The van der Waals surface area contributed by atoms with Gasteiger partial charge in [-0.15, -0.1) is 0 Å². The summed E-state index contributed by atoms with van der Waals surface area (Å²) in [5.41, 5.74) is 8.86. The number of rotatable bonds is 1. The molecule has 0 aliphatic heterocycles. The van der Waals surface area contributed by atoms with Gasteiger partial charge in [0.2, 0.25) is 0 Å². The summed E-state index contributed by atoms with van der Waals surface area (Å²) in [6.45, 7) is 0. The number of aromatic nitrogens is 1. The molecule has 1 aromatic heterocycles. The highest BCUT2D eigenvalue weighted by atomic mass is 14.7. The predicted octanol–water partition coefficient (Wildman–Crippen LogP) is 6.63. The Balaban J connectivity index is 1.80. The molecule has 27 heavy (non-hydrogen) atoms. The molecule has 0 atom stereocenters. The molecule has 0 N–H and O–H groups in total. The Labute approximate surface area is 157 Å². The molecule has 0 saturated carbocycles. The molecule has 0 unspecified atom stereocenters. The molecule has 6 rings (SSSR count). The molecule has 0 radical (unpaired) electrons. The number of fused-ring (bicyclic) bond motifs is 7. The maximum Gasteiger partial charge on any atom is 0.0791 e. The van der Waals surface area contributed by atoms with E-state index in [0.717, 1.165) is 17.6 Å². The van der Waals surface area contributed by atoms with E-state index in [-0.39, 0.29) is 0 Å². The maximum absolute atomic E-state index is 5.11. The van der Waals surface area contributed by atoms with E-state index in [9.17, 15) is 0 Å². The first-order chi connectivity index (χ1) is 13.4. The highest BCUT2D eigenvalue weighted by Crippen LogP contribution is 2.44. The van der Waals surface area contributed by atoms with Gasteiger partial charge in [-0.2, -0.15) is 0 Å². The summed E-state index contributed by atoms with van der Waals surface area (Å²) >= 11 is 0. The number of benzene rings is 4. The fourth-order valence-corrected chi connectivity index (χ4v) is 4.49. The van der Waals surface area contributed by atoms with Crippen molar-refractivity contribution in [3.8, 4) is 22.4 Å². The van der Waals surface area contributed by atoms with Crippen molar-refractivity contribution in [2.75, 3.05) is 0 Å². The van der Waals surface area contributed by atoms with Gasteiger partial charge in [-0.1, -0.05) is 84.9 Å². The van der Waals surface area contributed by atoms with Crippen LogP contribution in [-0.2, 0) is 6.42 Å². The minimum atomic E-state index is 0.975. The van der Waals surface area contributed by atoms with Gasteiger partial charge in [0.15, 0.2) is 0 Å². The normalized spacial score (nSPS) is 12.3. The summed E-state index contributed by atoms with van der Waals surface area (Å²) in [6, 6.07) is 32.4. The van der Waals surface area contributed by atoms with E-state index < -0.39 is 0 Å². The minimum Gasteiger partial charge on any atom is -0.247 e. The first kappa shape index (κ1) is 14.7. The molecule has 0 saturated heterocycles. The number of hydrogen-bond acceptors (Lipinski definition) is 1. The molecule has 5 aromatic rings. The van der Waals surface area contributed by atoms with Crippen LogP contribution in [0.5, 0.6) is 0 Å². The third-order valence-corrected chi connectivity index (χ3v) is 5.70. The molecule has 4 aromatic carbocycles. The minimum absolute atomic E-state index is 0.975. The molecule has 0 bridgehead atoms. The Morgan fingerprint density at radius 3 is 2.30 bits per heavy atom. The second-order valence-corrected chi connectivity index (χ2v) is 7.19. The predicted molar refractivity (Wildman–Crippen MR) is 113 cm³/mol. The van der Waals surface area contributed by atoms with E-state index in [0.29, 0.717) is 0 Å². The molecular weight excluding hydrogens is 326 g/mol. The first-order valence-corrected chi connectivity index (χ1v) is 9.38. The second-order valence-electron chi connectivity index (χ2n) is 7.19. The molecule has 0 fully saturated rings. The van der Waals surface area contributed by atoms with Gasteiger partial charge in [-0.3, -0.25) is 0 Å². The molecule has 126 valence electrons. The Bertz CT molecular complexity index is 1330. The van der Waals surface area contributed by atoms with E-state index in [1.807, 2.05) is 0 Å². The number of hydrogen-bond donors (Lipinski definition) is 0. The summed E-state index contributed by atoms with van der Waals surface area (Å²) < 4.78 is 0. The summed E-state index contributed by atoms with van der Waals surface area (Å²) in [7, 11) is 0. The topological polar surface area (TPSA) is 12.9 Å². The van der Waals surface area contributed by atoms with Crippen LogP contribution in [0.4, 0.5) is 0 Å². The van der Waals surface area contributed by atoms with Crippen molar-refractivity contribution in [2.24, 2.45) is 0 Å². The zero-order valence-electron chi connectivity index (χ0n) is 14.8. The van der Waals surface area contributed by atoms with Crippen molar-refractivity contribution < 1.29 is 0 Å². The summed E-state index contributed by atoms with van der Waals surface area (Å²) in [5.74, 6) is 0. The number of pyridine rings is 1. The summed E-state index contributed by atoms with van der Waals surface area (Å²) in [5, 5.41) is 3.82. The third kappa shape index (κ3) is 2.09. The first-order valence-electron chi connectivity index (χ1n) is 9.38. The fourth-order valence-electron chi connectivity index (χ4n) is 4.49. The van der Waals surface area contributed by atoms with Crippen LogP contribution in [0.15, 0.2) is 91.0 Å². The van der Waals surface area contributed by atoms with Crippen molar-refractivity contribution in [2.45, 2.75) is 6.42 Å². The van der Waals surface area contributed by atoms with Crippen molar-refractivity contribution in [1.82, 2.24) is 4.98 Å². The molecular formula is C26H17N. The van der Waals surface area contributed by atoms with Gasteiger partial charge in [0.05, 0.1) is 11.2 Å². The zero-order valence-corrected chi connectivity index (χ0v) is 14.8. The monoisotopic (exact) mass is 343 g/mol. The zero-order chi connectivity index (χ0) is 17.8. The fraction of sp³-hybridized carbons (Fsp3) is 0.0385. The van der Waals surface area contributed by atoms with E-state index >= 15 is 0 Å². The molecule has 1 heteroatoms. The smallest absolute Gasteiger partial charge is 0.0791 e. The van der Waals surface area contributed by atoms with Crippen LogP contribution in [0, 0.1) is 0 Å². The highest BCUT2D eigenvalue weighted by molar-refractivity contribution is 6.14. The van der Waals surface area contributed by atoms with Crippen molar-refractivity contribution in [3.05, 3.63) is 102 Å². The quantitative estimate of drug-likeness (QED) is 0.305. The maximum atomic E-state index is 5.11. The van der Waals surface area contributed by atoms with Crippen LogP contribution in [0.25, 0.3) is 44.1 Å². The SMILES string of the molecule is c1ccc(-c2nc3ccccc3c3ccc4c(c23)Cc2ccccc2-4)cc1. The highest BCUT2D eigenvalue weighted by Gasteiger charge is 2.23. The average Bonchev–Trinajstić information content (AvgIpc) is 3.12. The van der Waals surface area contributed by atoms with Gasteiger partial charge in [-0.05, 0) is 40.1 Å². The van der Waals surface area contributed by atoms with Crippen molar-refractivity contribution >= 4 is 21.7 Å². The standard InChI is InChI=1S/C26H17N/c1-2-8-17(9-3-1)26-25-22(21-12-6-7-13-24(21)27-26)15-14-20-19-11-5-4-10-18(19)16-23(20)25/h1-15H,16H2. The molecule has 1 aliphatic carbocycles. The molecule has 1 aliphatic rings. The Morgan fingerprint density at radius 1 is 0.593 bits per heavy atom. The van der Waals surface area contributed by atoms with Crippen LogP contribution in [0.2, 0.25) is 0 Å². The average molecular weight is 343 g/mol. The van der Waals surface area contributed by atoms with Gasteiger partial charge < -0.3 is 0 Å². The molecule has 0 spiro atoms.